The monoisotopic (exact) mass is 311 g/mol. The second-order valence-corrected chi connectivity index (χ2v) is 6.44. The van der Waals surface area contributed by atoms with E-state index in [0.29, 0.717) is 12.0 Å². The van der Waals surface area contributed by atoms with Gasteiger partial charge < -0.3 is 10.4 Å². The smallest absolute Gasteiger partial charge is 0.252 e. The lowest BCUT2D eigenvalue weighted by Gasteiger charge is -2.49. The summed E-state index contributed by atoms with van der Waals surface area (Å²) in [5.41, 5.74) is 1.50. The van der Waals surface area contributed by atoms with Gasteiger partial charge in [0.05, 0.1) is 11.7 Å². The number of carbonyl (C=O) groups excluding carboxylic acids is 1. The van der Waals surface area contributed by atoms with Crippen LogP contribution in [0.2, 0.25) is 0 Å². The topological polar surface area (TPSA) is 49.3 Å². The number of aliphatic hydroxyl groups is 1. The number of carbonyl (C=O) groups is 1. The molecule has 0 radical (unpaired) electrons. The molecule has 1 amide bonds. The third-order valence-corrected chi connectivity index (χ3v) is 4.55. The van der Waals surface area contributed by atoms with Crippen molar-refractivity contribution in [3.63, 3.8) is 0 Å². The summed E-state index contributed by atoms with van der Waals surface area (Å²) in [5.74, 6) is -0.0909. The summed E-state index contributed by atoms with van der Waals surface area (Å²) in [6.45, 7) is 5.92. The van der Waals surface area contributed by atoms with Crippen molar-refractivity contribution < 1.29 is 9.90 Å². The molecular formula is C14H18BrNO2. The first-order valence-electron chi connectivity index (χ1n) is 6.07. The molecule has 1 fully saturated rings. The van der Waals surface area contributed by atoms with E-state index >= 15 is 0 Å². The summed E-state index contributed by atoms with van der Waals surface area (Å²) in [6.07, 6.45) is 0.298. The predicted molar refractivity (Wildman–Crippen MR) is 74.5 cm³/mol. The lowest BCUT2D eigenvalue weighted by atomic mass is 9.64. The minimum atomic E-state index is -0.329. The molecule has 0 aliphatic heterocycles. The molecule has 0 saturated heterocycles. The number of aliphatic hydroxyl groups excluding tert-OH is 1. The predicted octanol–water partition coefficient (Wildman–Crippen LogP) is 2.65. The van der Waals surface area contributed by atoms with E-state index < -0.39 is 0 Å². The Morgan fingerprint density at radius 3 is 2.67 bits per heavy atom. The molecule has 1 aliphatic rings. The van der Waals surface area contributed by atoms with E-state index in [1.54, 1.807) is 0 Å². The van der Waals surface area contributed by atoms with Gasteiger partial charge in [-0.05, 0) is 47.0 Å². The Kier molecular flexibility index (Phi) is 3.52. The number of benzene rings is 1. The summed E-state index contributed by atoms with van der Waals surface area (Å²) in [6, 6.07) is 5.70. The van der Waals surface area contributed by atoms with Crippen LogP contribution in [0, 0.1) is 12.3 Å². The first-order valence-corrected chi connectivity index (χ1v) is 6.86. The van der Waals surface area contributed by atoms with Crippen molar-refractivity contribution in [3.05, 3.63) is 33.8 Å². The summed E-state index contributed by atoms with van der Waals surface area (Å²) in [4.78, 5) is 12.2. The van der Waals surface area contributed by atoms with Crippen molar-refractivity contribution >= 4 is 21.8 Å². The average Bonchev–Trinajstić information content (AvgIpc) is 2.28. The molecule has 18 heavy (non-hydrogen) atoms. The van der Waals surface area contributed by atoms with Crippen LogP contribution in [-0.2, 0) is 0 Å². The Labute approximate surface area is 116 Å². The molecule has 1 saturated carbocycles. The summed E-state index contributed by atoms with van der Waals surface area (Å²) < 4.78 is 0.803. The van der Waals surface area contributed by atoms with Gasteiger partial charge in [0.15, 0.2) is 0 Å². The van der Waals surface area contributed by atoms with Crippen LogP contribution >= 0.6 is 15.9 Å². The van der Waals surface area contributed by atoms with Gasteiger partial charge >= 0.3 is 0 Å². The van der Waals surface area contributed by atoms with E-state index in [9.17, 15) is 9.90 Å². The van der Waals surface area contributed by atoms with Gasteiger partial charge in [0.25, 0.3) is 5.91 Å². The van der Waals surface area contributed by atoms with Crippen molar-refractivity contribution in [1.29, 1.82) is 0 Å². The molecule has 98 valence electrons. The third kappa shape index (κ3) is 2.31. The van der Waals surface area contributed by atoms with E-state index in [2.05, 4.69) is 21.2 Å². The zero-order chi connectivity index (χ0) is 13.5. The zero-order valence-corrected chi connectivity index (χ0v) is 12.4. The fourth-order valence-electron chi connectivity index (χ4n) is 2.19. The standard InChI is InChI=1S/C14H18BrNO2/c1-8-4-5-9(10(15)6-8)13(18)16-11-7-12(17)14(11,2)3/h4-6,11-12,17H,7H2,1-3H3,(H,16,18). The van der Waals surface area contributed by atoms with Gasteiger partial charge in [-0.1, -0.05) is 19.9 Å². The molecule has 0 aromatic heterocycles. The largest absolute Gasteiger partial charge is 0.392 e. The number of rotatable bonds is 2. The Morgan fingerprint density at radius 1 is 1.50 bits per heavy atom. The number of halogens is 1. The van der Waals surface area contributed by atoms with Crippen molar-refractivity contribution in [2.24, 2.45) is 5.41 Å². The SMILES string of the molecule is Cc1ccc(C(=O)NC2CC(O)C2(C)C)c(Br)c1. The van der Waals surface area contributed by atoms with E-state index in [-0.39, 0.29) is 23.5 Å². The highest BCUT2D eigenvalue weighted by Crippen LogP contribution is 2.40. The minimum Gasteiger partial charge on any atom is -0.392 e. The zero-order valence-electron chi connectivity index (χ0n) is 10.8. The fraction of sp³-hybridized carbons (Fsp3) is 0.500. The lowest BCUT2D eigenvalue weighted by Crippen LogP contribution is -2.61. The van der Waals surface area contributed by atoms with Crippen molar-refractivity contribution in [3.8, 4) is 0 Å². The highest BCUT2D eigenvalue weighted by Gasteiger charge is 2.48. The first-order chi connectivity index (χ1) is 8.32. The van der Waals surface area contributed by atoms with Crippen LogP contribution in [-0.4, -0.2) is 23.2 Å². The van der Waals surface area contributed by atoms with Gasteiger partial charge in [0.1, 0.15) is 0 Å². The molecule has 0 bridgehead atoms. The van der Waals surface area contributed by atoms with Crippen LogP contribution in [0.5, 0.6) is 0 Å². The Balaban J connectivity index is 2.09. The number of hydrogen-bond acceptors (Lipinski definition) is 2. The molecule has 2 atom stereocenters. The second kappa shape index (κ2) is 4.67. The molecule has 1 aliphatic carbocycles. The molecule has 0 spiro atoms. The van der Waals surface area contributed by atoms with Crippen molar-refractivity contribution in [1.82, 2.24) is 5.32 Å². The van der Waals surface area contributed by atoms with Crippen LogP contribution in [0.1, 0.15) is 36.2 Å². The molecule has 2 rings (SSSR count). The number of aryl methyl sites for hydroxylation is 1. The molecular weight excluding hydrogens is 294 g/mol. The van der Waals surface area contributed by atoms with E-state index in [0.717, 1.165) is 10.0 Å². The molecule has 4 heteroatoms. The third-order valence-electron chi connectivity index (χ3n) is 3.89. The summed E-state index contributed by atoms with van der Waals surface area (Å²) in [7, 11) is 0. The fourth-order valence-corrected chi connectivity index (χ4v) is 2.86. The van der Waals surface area contributed by atoms with Gasteiger partial charge in [-0.15, -0.1) is 0 Å². The van der Waals surface area contributed by atoms with Crippen LogP contribution in [0.3, 0.4) is 0 Å². The van der Waals surface area contributed by atoms with Crippen LogP contribution in [0.15, 0.2) is 22.7 Å². The van der Waals surface area contributed by atoms with E-state index in [1.807, 2.05) is 39.0 Å². The van der Waals surface area contributed by atoms with Crippen LogP contribution in [0.4, 0.5) is 0 Å². The summed E-state index contributed by atoms with van der Waals surface area (Å²) >= 11 is 3.41. The Morgan fingerprint density at radius 2 is 2.17 bits per heavy atom. The normalized spacial score (nSPS) is 25.4. The van der Waals surface area contributed by atoms with Crippen molar-refractivity contribution in [2.75, 3.05) is 0 Å². The highest BCUT2D eigenvalue weighted by molar-refractivity contribution is 9.10. The number of nitrogens with one attached hydrogen (secondary N) is 1. The maximum Gasteiger partial charge on any atom is 0.252 e. The first kappa shape index (κ1) is 13.6. The molecule has 3 nitrogen and oxygen atoms in total. The highest BCUT2D eigenvalue weighted by atomic mass is 79.9. The maximum atomic E-state index is 12.2. The Hall–Kier alpha value is -0.870. The number of hydrogen-bond donors (Lipinski definition) is 2. The average molecular weight is 312 g/mol. The van der Waals surface area contributed by atoms with Crippen molar-refractivity contribution in [2.45, 2.75) is 39.3 Å². The molecule has 2 unspecified atom stereocenters. The molecule has 0 heterocycles. The quantitative estimate of drug-likeness (QED) is 0.882. The number of amides is 1. The lowest BCUT2D eigenvalue weighted by molar-refractivity contribution is -0.0689. The second-order valence-electron chi connectivity index (χ2n) is 5.58. The van der Waals surface area contributed by atoms with Gasteiger partial charge in [0, 0.05) is 15.9 Å². The van der Waals surface area contributed by atoms with Gasteiger partial charge in [-0.3, -0.25) is 4.79 Å². The minimum absolute atomic E-state index is 0.0354. The van der Waals surface area contributed by atoms with E-state index in [4.69, 9.17) is 0 Å². The van der Waals surface area contributed by atoms with Crippen LogP contribution < -0.4 is 5.32 Å². The maximum absolute atomic E-state index is 12.2. The molecule has 1 aromatic carbocycles. The summed E-state index contributed by atoms with van der Waals surface area (Å²) in [5, 5.41) is 12.6. The van der Waals surface area contributed by atoms with Gasteiger partial charge in [-0.2, -0.15) is 0 Å². The Bertz CT molecular complexity index is 485. The van der Waals surface area contributed by atoms with Crippen LogP contribution in [0.25, 0.3) is 0 Å². The molecule has 1 aromatic rings. The van der Waals surface area contributed by atoms with E-state index in [1.165, 1.54) is 0 Å². The molecule has 2 N–H and O–H groups in total. The van der Waals surface area contributed by atoms with Gasteiger partial charge in [-0.25, -0.2) is 0 Å². The van der Waals surface area contributed by atoms with Gasteiger partial charge in [0.2, 0.25) is 0 Å².